The fourth-order valence-electron chi connectivity index (χ4n) is 7.23. The van der Waals surface area contributed by atoms with E-state index in [2.05, 4.69) is 20.9 Å². The zero-order chi connectivity index (χ0) is 33.7. The minimum Gasteiger partial charge on any atom is -0.504 e. The third-order valence-corrected chi connectivity index (χ3v) is 11.5. The van der Waals surface area contributed by atoms with Crippen LogP contribution >= 0.6 is 50.7 Å². The normalized spacial score (nSPS) is 30.7. The zero-order valence-electron chi connectivity index (χ0n) is 23.8. The molecular formula is C29H23BrCl3F3N4O6. The van der Waals surface area contributed by atoms with Crippen LogP contribution in [0.4, 0.5) is 19.0 Å². The van der Waals surface area contributed by atoms with Crippen molar-refractivity contribution in [2.45, 2.75) is 34.7 Å². The fourth-order valence-corrected chi connectivity index (χ4v) is 8.87. The van der Waals surface area contributed by atoms with Gasteiger partial charge in [0.2, 0.25) is 0 Å². The number of methoxy groups -OCH3 is 1. The number of hydrogen-bond donors (Lipinski definition) is 1. The number of para-hydroxylation sites is 1. The monoisotopic (exact) mass is 764 g/mol. The average Bonchev–Trinajstić information content (AvgIpc) is 3.34. The van der Waals surface area contributed by atoms with Crippen molar-refractivity contribution in [3.8, 4) is 11.5 Å². The van der Waals surface area contributed by atoms with Crippen LogP contribution in [0, 0.1) is 17.8 Å². The van der Waals surface area contributed by atoms with E-state index in [4.69, 9.17) is 39.5 Å². The van der Waals surface area contributed by atoms with Gasteiger partial charge in [0, 0.05) is 18.5 Å². The molecule has 244 valence electrons. The van der Waals surface area contributed by atoms with Crippen molar-refractivity contribution in [2.75, 3.05) is 24.6 Å². The average molecular weight is 767 g/mol. The van der Waals surface area contributed by atoms with E-state index in [1.54, 1.807) is 12.1 Å². The Kier molecular flexibility index (Phi) is 7.85. The number of halogens is 7. The summed E-state index contributed by atoms with van der Waals surface area (Å²) in [6.45, 7) is 0. The molecule has 0 radical (unpaired) electrons. The molecular weight excluding hydrogens is 744 g/mol. The molecule has 10 nitrogen and oxygen atoms in total. The van der Waals surface area contributed by atoms with E-state index in [1.165, 1.54) is 26.3 Å². The highest BCUT2D eigenvalue weighted by Gasteiger charge is 2.76. The number of ether oxygens (including phenoxy) is 1. The van der Waals surface area contributed by atoms with E-state index in [1.807, 2.05) is 0 Å². The van der Waals surface area contributed by atoms with Crippen molar-refractivity contribution in [1.82, 2.24) is 14.9 Å². The standard InChI is InChI=1S/C29H23BrCl3F3N4O6/c1-38(22-16(31)8-9-18(37-22)29(34,35)36)40-23(42)13-7-6-12-15(19(13)24(40)43)10-27(32)25(44)39(11-30)26(45)28(27,33)20(12)14-4-3-5-17(46-2)21(14)41/h3-6,8-9,13,15,19-20,41H,7,10-11H2,1-2H3. The summed E-state index contributed by atoms with van der Waals surface area (Å²) < 4.78 is 45.7. The van der Waals surface area contributed by atoms with Crippen molar-refractivity contribution in [1.29, 1.82) is 0 Å². The fraction of sp³-hybridized carbons (Fsp3) is 0.414. The Morgan fingerprint density at radius 3 is 2.43 bits per heavy atom. The van der Waals surface area contributed by atoms with Crippen molar-refractivity contribution < 1.29 is 42.2 Å². The van der Waals surface area contributed by atoms with Crippen molar-refractivity contribution >= 4 is 80.2 Å². The van der Waals surface area contributed by atoms with Gasteiger partial charge in [-0.05, 0) is 37.0 Å². The third-order valence-electron chi connectivity index (χ3n) is 9.28. The second kappa shape index (κ2) is 11.0. The number of pyridine rings is 1. The molecule has 3 heterocycles. The van der Waals surface area contributed by atoms with E-state index < -0.39 is 74.7 Å². The molecule has 6 rings (SSSR count). The number of hydrazine groups is 1. The number of anilines is 1. The number of carbonyl (C=O) groups excluding carboxylic acids is 4. The summed E-state index contributed by atoms with van der Waals surface area (Å²) >= 11 is 23.7. The Labute approximate surface area is 283 Å². The highest BCUT2D eigenvalue weighted by Crippen LogP contribution is 2.66. The first-order valence-corrected chi connectivity index (χ1v) is 16.0. The number of alkyl halides is 6. The number of aromatic nitrogens is 1. The van der Waals surface area contributed by atoms with Gasteiger partial charge in [-0.25, -0.2) is 4.98 Å². The molecule has 2 aliphatic carbocycles. The summed E-state index contributed by atoms with van der Waals surface area (Å²) in [4.78, 5) is 55.8. The van der Waals surface area contributed by atoms with E-state index >= 15 is 0 Å². The van der Waals surface area contributed by atoms with Gasteiger partial charge in [0.1, 0.15) is 5.69 Å². The SMILES string of the molecule is COc1cccc(C2C3=CCC4C(=O)N(N(C)c5nc(C(F)(F)F)ccc5Cl)C(=O)C4C3CC3(Cl)C(=O)N(CBr)C(=O)C23Cl)c1O. The summed E-state index contributed by atoms with van der Waals surface area (Å²) in [5.41, 5.74) is -1.01. The summed E-state index contributed by atoms with van der Waals surface area (Å²) in [7, 11) is 2.51. The van der Waals surface area contributed by atoms with Gasteiger partial charge in [-0.3, -0.25) is 29.1 Å². The molecule has 1 aromatic carbocycles. The Balaban J connectivity index is 1.48. The highest BCUT2D eigenvalue weighted by atomic mass is 79.9. The number of phenolic OH excluding ortho intramolecular Hbond substituents is 1. The van der Waals surface area contributed by atoms with Crippen LogP contribution in [0.15, 0.2) is 42.0 Å². The molecule has 1 saturated carbocycles. The molecule has 17 heteroatoms. The van der Waals surface area contributed by atoms with Gasteiger partial charge in [0.15, 0.2) is 27.1 Å². The van der Waals surface area contributed by atoms with Gasteiger partial charge in [-0.15, -0.1) is 23.2 Å². The van der Waals surface area contributed by atoms with Crippen LogP contribution < -0.4 is 9.75 Å². The molecule has 3 fully saturated rings. The topological polar surface area (TPSA) is 120 Å². The van der Waals surface area contributed by atoms with Crippen molar-refractivity contribution in [3.05, 3.63) is 58.3 Å². The smallest absolute Gasteiger partial charge is 0.433 e. The van der Waals surface area contributed by atoms with E-state index in [0.717, 1.165) is 16.0 Å². The predicted octanol–water partition coefficient (Wildman–Crippen LogP) is 5.23. The number of imide groups is 2. The number of likely N-dealkylation sites (tertiary alicyclic amines) is 1. The highest BCUT2D eigenvalue weighted by molar-refractivity contribution is 9.09. The Morgan fingerprint density at radius 1 is 1.11 bits per heavy atom. The number of fused-ring (bicyclic) bond motifs is 4. The molecule has 0 spiro atoms. The molecule has 4 aliphatic rings. The number of nitrogens with zero attached hydrogens (tertiary/aromatic N) is 4. The largest absolute Gasteiger partial charge is 0.504 e. The van der Waals surface area contributed by atoms with Crippen LogP contribution in [0.3, 0.4) is 0 Å². The van der Waals surface area contributed by atoms with Gasteiger partial charge < -0.3 is 9.84 Å². The molecule has 0 bridgehead atoms. The Morgan fingerprint density at radius 2 is 1.80 bits per heavy atom. The lowest BCUT2D eigenvalue weighted by Crippen LogP contribution is -2.60. The number of aromatic hydroxyl groups is 1. The lowest BCUT2D eigenvalue weighted by molar-refractivity contribution is -0.142. The molecule has 6 atom stereocenters. The Bertz CT molecular complexity index is 1750. The Hall–Kier alpha value is -3.07. The molecule has 1 N–H and O–H groups in total. The van der Waals surface area contributed by atoms with Crippen LogP contribution in [0.2, 0.25) is 5.02 Å². The first-order valence-electron chi connectivity index (χ1n) is 13.8. The minimum absolute atomic E-state index is 0.0249. The molecule has 2 aromatic rings. The summed E-state index contributed by atoms with van der Waals surface area (Å²) in [6.07, 6.45) is -3.54. The van der Waals surface area contributed by atoms with Gasteiger partial charge in [-0.1, -0.05) is 51.3 Å². The van der Waals surface area contributed by atoms with Crippen LogP contribution in [0.25, 0.3) is 0 Å². The second-order valence-electron chi connectivity index (χ2n) is 11.4. The first-order chi connectivity index (χ1) is 21.5. The van der Waals surface area contributed by atoms with E-state index in [-0.39, 0.29) is 40.4 Å². The molecule has 2 aliphatic heterocycles. The van der Waals surface area contributed by atoms with Crippen LogP contribution in [0.5, 0.6) is 11.5 Å². The molecule has 4 amide bonds. The van der Waals surface area contributed by atoms with Crippen LogP contribution in [0.1, 0.15) is 30.0 Å². The number of hydrogen-bond acceptors (Lipinski definition) is 8. The maximum atomic E-state index is 14.2. The number of rotatable bonds is 5. The quantitative estimate of drug-likeness (QED) is 0.190. The van der Waals surface area contributed by atoms with E-state index in [9.17, 15) is 37.5 Å². The van der Waals surface area contributed by atoms with E-state index in [0.29, 0.717) is 16.6 Å². The van der Waals surface area contributed by atoms with Crippen LogP contribution in [-0.2, 0) is 25.4 Å². The summed E-state index contributed by atoms with van der Waals surface area (Å²) in [5.74, 6) is -8.34. The molecule has 6 unspecified atom stereocenters. The number of phenols is 1. The third kappa shape index (κ3) is 4.32. The predicted molar refractivity (Wildman–Crippen MR) is 163 cm³/mol. The number of allylic oxidation sites excluding steroid dienone is 2. The molecule has 2 saturated heterocycles. The number of carbonyl (C=O) groups is 4. The van der Waals surface area contributed by atoms with Gasteiger partial charge in [-0.2, -0.15) is 18.2 Å². The lowest BCUT2D eigenvalue weighted by Gasteiger charge is -2.50. The number of benzene rings is 1. The zero-order valence-corrected chi connectivity index (χ0v) is 27.7. The van der Waals surface area contributed by atoms with Gasteiger partial charge in [0.05, 0.1) is 29.4 Å². The minimum atomic E-state index is -4.83. The van der Waals surface area contributed by atoms with Crippen molar-refractivity contribution in [3.63, 3.8) is 0 Å². The van der Waals surface area contributed by atoms with Gasteiger partial charge in [0.25, 0.3) is 23.6 Å². The van der Waals surface area contributed by atoms with Crippen molar-refractivity contribution in [2.24, 2.45) is 17.8 Å². The summed E-state index contributed by atoms with van der Waals surface area (Å²) in [5, 5.41) is 12.6. The maximum absolute atomic E-state index is 14.2. The first kappa shape index (κ1) is 32.9. The lowest BCUT2D eigenvalue weighted by atomic mass is 9.56. The molecule has 46 heavy (non-hydrogen) atoms. The number of amides is 4. The molecule has 1 aromatic heterocycles. The summed E-state index contributed by atoms with van der Waals surface area (Å²) in [6, 6.07) is 6.16. The van der Waals surface area contributed by atoms with Gasteiger partial charge >= 0.3 is 6.18 Å². The second-order valence-corrected chi connectivity index (χ2v) is 13.5. The van der Waals surface area contributed by atoms with Crippen LogP contribution in [-0.4, -0.2) is 73.0 Å². The maximum Gasteiger partial charge on any atom is 0.433 e.